The molecule has 0 aliphatic carbocycles. The highest BCUT2D eigenvalue weighted by Gasteiger charge is 2.17. The minimum absolute atomic E-state index is 0.185. The molecule has 2 aromatic carbocycles. The van der Waals surface area contributed by atoms with E-state index in [1.807, 2.05) is 54.6 Å². The first-order valence-corrected chi connectivity index (χ1v) is 15.4. The van der Waals surface area contributed by atoms with E-state index in [2.05, 4.69) is 43.3 Å². The summed E-state index contributed by atoms with van der Waals surface area (Å²) in [6, 6.07) is 19.4. The van der Waals surface area contributed by atoms with Crippen LogP contribution in [0.25, 0.3) is 10.9 Å². The molecule has 44 heavy (non-hydrogen) atoms. The molecular weight excluding hydrogens is 554 g/mol. The predicted octanol–water partition coefficient (Wildman–Crippen LogP) is 4.83. The summed E-state index contributed by atoms with van der Waals surface area (Å²) in [6.45, 7) is 10.2. The van der Waals surface area contributed by atoms with Crippen molar-refractivity contribution in [3.8, 4) is 0 Å². The van der Waals surface area contributed by atoms with Crippen LogP contribution in [0.1, 0.15) is 29.3 Å². The third-order valence-electron chi connectivity index (χ3n) is 8.29. The number of ether oxygens (including phenoxy) is 1. The van der Waals surface area contributed by atoms with Gasteiger partial charge in [0, 0.05) is 101 Å². The highest BCUT2D eigenvalue weighted by Crippen LogP contribution is 2.30. The Morgan fingerprint density at radius 2 is 1.70 bits per heavy atom. The van der Waals surface area contributed by atoms with Gasteiger partial charge in [-0.05, 0) is 67.4 Å². The minimum atomic E-state index is -0.195. The smallest absolute Gasteiger partial charge is 0.325 e. The zero-order valence-electron chi connectivity index (χ0n) is 26.0. The van der Waals surface area contributed by atoms with Gasteiger partial charge in [0.15, 0.2) is 0 Å². The fraction of sp³-hybridized carbons (Fsp3) is 0.382. The van der Waals surface area contributed by atoms with Crippen molar-refractivity contribution < 1.29 is 14.3 Å². The second kappa shape index (κ2) is 15.0. The van der Waals surface area contributed by atoms with Gasteiger partial charge in [-0.15, -0.1) is 0 Å². The molecule has 2 aromatic heterocycles. The van der Waals surface area contributed by atoms with E-state index in [9.17, 15) is 9.59 Å². The number of likely N-dealkylation sites (N-methyl/N-ethyl adjacent to an activating group) is 1. The van der Waals surface area contributed by atoms with E-state index in [0.29, 0.717) is 24.5 Å². The lowest BCUT2D eigenvalue weighted by atomic mass is 10.1. The third-order valence-corrected chi connectivity index (χ3v) is 8.29. The van der Waals surface area contributed by atoms with Crippen molar-refractivity contribution in [2.24, 2.45) is 0 Å². The Morgan fingerprint density at radius 3 is 2.43 bits per heavy atom. The van der Waals surface area contributed by atoms with E-state index >= 15 is 0 Å². The van der Waals surface area contributed by atoms with Crippen LogP contribution in [0.3, 0.4) is 0 Å². The highest BCUT2D eigenvalue weighted by atomic mass is 16.5. The van der Waals surface area contributed by atoms with Gasteiger partial charge in [0.1, 0.15) is 5.82 Å². The lowest BCUT2D eigenvalue weighted by molar-refractivity contribution is 0.102. The quantitative estimate of drug-likeness (QED) is 0.226. The van der Waals surface area contributed by atoms with Crippen molar-refractivity contribution in [2.45, 2.75) is 19.8 Å². The van der Waals surface area contributed by atoms with Crippen LogP contribution in [0, 0.1) is 0 Å². The Hall–Kier alpha value is -4.25. The van der Waals surface area contributed by atoms with Gasteiger partial charge in [-0.2, -0.15) is 0 Å². The molecule has 1 aliphatic heterocycles. The maximum Gasteiger partial charge on any atom is 0.325 e. The molecule has 4 aromatic rings. The molecule has 0 saturated carbocycles. The number of nitrogens with zero attached hydrogens (tertiary/aromatic N) is 5. The van der Waals surface area contributed by atoms with Crippen LogP contribution >= 0.6 is 0 Å². The number of carbonyl (C=O) groups excluding carboxylic acids is 2. The van der Waals surface area contributed by atoms with Crippen LogP contribution in [0.4, 0.5) is 22.0 Å². The van der Waals surface area contributed by atoms with Crippen molar-refractivity contribution >= 4 is 40.0 Å². The van der Waals surface area contributed by atoms with Gasteiger partial charge in [-0.25, -0.2) is 9.78 Å². The van der Waals surface area contributed by atoms with Crippen LogP contribution in [0.15, 0.2) is 73.1 Å². The largest absolute Gasteiger partial charge is 0.385 e. The molecule has 1 fully saturated rings. The average Bonchev–Trinajstić information content (AvgIpc) is 3.49. The Bertz CT molecular complexity index is 1540. The Labute approximate surface area is 259 Å². The topological polar surface area (TPSA) is 95.0 Å². The van der Waals surface area contributed by atoms with Crippen LogP contribution in [0.5, 0.6) is 0 Å². The van der Waals surface area contributed by atoms with Crippen molar-refractivity contribution in [2.75, 3.05) is 76.8 Å². The number of anilines is 3. The van der Waals surface area contributed by atoms with E-state index in [-0.39, 0.29) is 11.9 Å². The first-order valence-electron chi connectivity index (χ1n) is 15.4. The van der Waals surface area contributed by atoms with Gasteiger partial charge in [0.05, 0.1) is 5.52 Å². The van der Waals surface area contributed by atoms with Gasteiger partial charge in [0.2, 0.25) is 0 Å². The Morgan fingerprint density at radius 1 is 0.955 bits per heavy atom. The number of pyridine rings is 1. The van der Waals surface area contributed by atoms with E-state index < -0.39 is 0 Å². The van der Waals surface area contributed by atoms with Gasteiger partial charge in [0.25, 0.3) is 5.91 Å². The normalized spacial score (nSPS) is 14.1. The molecule has 3 heterocycles. The molecule has 5 rings (SSSR count). The second-order valence-corrected chi connectivity index (χ2v) is 11.1. The number of fused-ring (bicyclic) bond motifs is 1. The number of aromatic nitrogens is 2. The standard InChI is InChI=1S/C34H43N7O3/c1-4-38-19-21-39(22-20-38)17-13-26-6-8-27(9-7-26)33(42)37-32-25-30(12-15-36-32)40(16-5-23-44-3)29-10-11-31-28(24-29)14-18-41(31)34(43)35-2/h6-12,14-15,18,24-25H,4-5,13,16-17,19-23H2,1-3H3,(H,35,43)(H,36,37,42). The molecule has 2 N–H and O–H groups in total. The number of amides is 2. The molecule has 10 nitrogen and oxygen atoms in total. The summed E-state index contributed by atoms with van der Waals surface area (Å²) >= 11 is 0. The molecule has 10 heteroatoms. The van der Waals surface area contributed by atoms with Gasteiger partial charge in [-0.3, -0.25) is 9.36 Å². The summed E-state index contributed by atoms with van der Waals surface area (Å²) < 4.78 is 6.91. The monoisotopic (exact) mass is 597 g/mol. The van der Waals surface area contributed by atoms with Crippen LogP contribution in [0.2, 0.25) is 0 Å². The zero-order chi connectivity index (χ0) is 30.9. The lowest BCUT2D eigenvalue weighted by Crippen LogP contribution is -2.46. The fourth-order valence-corrected chi connectivity index (χ4v) is 5.65. The summed E-state index contributed by atoms with van der Waals surface area (Å²) in [6.07, 6.45) is 5.25. The maximum absolute atomic E-state index is 13.2. The molecule has 1 saturated heterocycles. The van der Waals surface area contributed by atoms with Gasteiger partial charge >= 0.3 is 6.03 Å². The van der Waals surface area contributed by atoms with Crippen molar-refractivity contribution in [1.82, 2.24) is 24.7 Å². The zero-order valence-corrected chi connectivity index (χ0v) is 26.0. The summed E-state index contributed by atoms with van der Waals surface area (Å²) in [5, 5.41) is 6.60. The van der Waals surface area contributed by atoms with Gasteiger partial charge in [-0.1, -0.05) is 19.1 Å². The number of rotatable bonds is 12. The fourth-order valence-electron chi connectivity index (χ4n) is 5.65. The van der Waals surface area contributed by atoms with Crippen molar-refractivity contribution in [3.05, 3.63) is 84.2 Å². The summed E-state index contributed by atoms with van der Waals surface area (Å²) in [7, 11) is 3.31. The number of piperazine rings is 1. The summed E-state index contributed by atoms with van der Waals surface area (Å²) in [5.41, 5.74) is 4.52. The molecular formula is C34H43N7O3. The molecule has 2 amide bonds. The number of nitrogens with one attached hydrogen (secondary N) is 2. The summed E-state index contributed by atoms with van der Waals surface area (Å²) in [5.74, 6) is 0.283. The second-order valence-electron chi connectivity index (χ2n) is 11.1. The molecule has 0 atom stereocenters. The summed E-state index contributed by atoms with van der Waals surface area (Å²) in [4.78, 5) is 37.0. The van der Waals surface area contributed by atoms with Crippen LogP contribution in [-0.4, -0.2) is 97.9 Å². The van der Waals surface area contributed by atoms with E-state index in [1.165, 1.54) is 5.56 Å². The highest BCUT2D eigenvalue weighted by molar-refractivity contribution is 6.04. The first kappa shape index (κ1) is 31.2. The number of methoxy groups -OCH3 is 1. The molecule has 0 unspecified atom stereocenters. The van der Waals surface area contributed by atoms with Crippen molar-refractivity contribution in [1.29, 1.82) is 0 Å². The molecule has 0 spiro atoms. The van der Waals surface area contributed by atoms with Crippen molar-refractivity contribution in [3.63, 3.8) is 0 Å². The molecule has 232 valence electrons. The number of hydrogen-bond acceptors (Lipinski definition) is 7. The minimum Gasteiger partial charge on any atom is -0.385 e. The lowest BCUT2D eigenvalue weighted by Gasteiger charge is -2.34. The predicted molar refractivity (Wildman–Crippen MR) is 176 cm³/mol. The van der Waals surface area contributed by atoms with E-state index in [0.717, 1.165) is 74.4 Å². The van der Waals surface area contributed by atoms with Gasteiger partial charge < -0.3 is 30.1 Å². The van der Waals surface area contributed by atoms with E-state index in [1.54, 1.807) is 31.1 Å². The number of benzene rings is 2. The SMILES string of the molecule is CCN1CCN(CCc2ccc(C(=O)Nc3cc(N(CCCOC)c4ccc5c(ccn5C(=O)NC)c4)ccn3)cc2)CC1. The van der Waals surface area contributed by atoms with Crippen LogP contribution in [-0.2, 0) is 11.2 Å². The molecule has 0 radical (unpaired) electrons. The van der Waals surface area contributed by atoms with E-state index in [4.69, 9.17) is 4.74 Å². The average molecular weight is 598 g/mol. The first-order chi connectivity index (χ1) is 21.5. The Kier molecular flexibility index (Phi) is 10.6. The maximum atomic E-state index is 13.2. The molecule has 1 aliphatic rings. The number of carbonyl (C=O) groups is 2. The third kappa shape index (κ3) is 7.63. The number of hydrogen-bond donors (Lipinski definition) is 2. The van der Waals surface area contributed by atoms with Crippen LogP contribution < -0.4 is 15.5 Å². The Balaban J connectivity index is 1.26. The molecule has 0 bridgehead atoms.